The van der Waals surface area contributed by atoms with Gasteiger partial charge in [-0.1, -0.05) is 66.8 Å². The lowest BCUT2D eigenvalue weighted by molar-refractivity contribution is 0.314. The number of halogens is 2. The smallest absolute Gasteiger partial charge is 0.201 e. The van der Waals surface area contributed by atoms with Crippen LogP contribution in [-0.2, 0) is 0 Å². The molecule has 3 aromatic carbocycles. The van der Waals surface area contributed by atoms with E-state index in [4.69, 9.17) is 4.74 Å². The molecule has 0 N–H and O–H groups in total. The minimum absolute atomic E-state index is 0.0597. The van der Waals surface area contributed by atoms with Crippen molar-refractivity contribution in [1.82, 2.24) is 0 Å². The molecule has 0 aromatic heterocycles. The third-order valence-electron chi connectivity index (χ3n) is 6.42. The fraction of sp³-hybridized carbons (Fsp3) is 0.267. The van der Waals surface area contributed by atoms with E-state index in [1.54, 1.807) is 13.0 Å². The minimum atomic E-state index is -0.946. The normalized spacial score (nSPS) is 17.7. The number of hydrogen-bond acceptors (Lipinski definition) is 1. The van der Waals surface area contributed by atoms with Crippen molar-refractivity contribution in [3.63, 3.8) is 0 Å². The van der Waals surface area contributed by atoms with E-state index in [2.05, 4.69) is 43.0 Å². The van der Waals surface area contributed by atoms with E-state index < -0.39 is 11.6 Å². The van der Waals surface area contributed by atoms with E-state index in [0.717, 1.165) is 17.5 Å². The summed E-state index contributed by atoms with van der Waals surface area (Å²) in [4.78, 5) is 0. The molecule has 1 aliphatic carbocycles. The lowest BCUT2D eigenvalue weighted by atomic mass is 9.82. The summed E-state index contributed by atoms with van der Waals surface area (Å²) < 4.78 is 33.9. The van der Waals surface area contributed by atoms with Crippen LogP contribution in [0.2, 0.25) is 0 Å². The zero-order valence-electron chi connectivity index (χ0n) is 19.1. The highest BCUT2D eigenvalue weighted by molar-refractivity contribution is 5.71. The molecule has 3 aromatic rings. The van der Waals surface area contributed by atoms with Gasteiger partial charge in [-0.2, -0.15) is 4.39 Å². The lowest BCUT2D eigenvalue weighted by Gasteiger charge is -2.23. The Morgan fingerprint density at radius 1 is 0.848 bits per heavy atom. The molecule has 33 heavy (non-hydrogen) atoms. The van der Waals surface area contributed by atoms with Crippen LogP contribution in [0.5, 0.6) is 5.75 Å². The molecule has 0 saturated carbocycles. The zero-order valence-corrected chi connectivity index (χ0v) is 19.1. The number of ether oxygens (including phenoxy) is 1. The molecule has 0 fully saturated rings. The third kappa shape index (κ3) is 5.24. The first-order valence-corrected chi connectivity index (χ1v) is 11.7. The Labute approximate surface area is 195 Å². The van der Waals surface area contributed by atoms with Crippen LogP contribution in [-0.4, -0.2) is 6.61 Å². The molecule has 2 atom stereocenters. The SMILES string of the molecule is C=CCCC1C=CC(c2ccc(-c3ccc(-c4ccc(OCC)c(F)c4F)cc3)cc2)CC1. The van der Waals surface area contributed by atoms with Gasteiger partial charge in [0.2, 0.25) is 5.82 Å². The highest BCUT2D eigenvalue weighted by atomic mass is 19.2. The number of allylic oxidation sites excluding steroid dienone is 3. The monoisotopic (exact) mass is 444 g/mol. The first-order valence-electron chi connectivity index (χ1n) is 11.7. The molecular weight excluding hydrogens is 414 g/mol. The van der Waals surface area contributed by atoms with Crippen molar-refractivity contribution in [3.8, 4) is 28.0 Å². The highest BCUT2D eigenvalue weighted by Gasteiger charge is 2.17. The molecule has 0 radical (unpaired) electrons. The topological polar surface area (TPSA) is 9.23 Å². The average Bonchev–Trinajstić information content (AvgIpc) is 2.86. The summed E-state index contributed by atoms with van der Waals surface area (Å²) in [6.45, 7) is 5.84. The minimum Gasteiger partial charge on any atom is -0.491 e. The van der Waals surface area contributed by atoms with Gasteiger partial charge >= 0.3 is 0 Å². The first-order chi connectivity index (χ1) is 16.1. The van der Waals surface area contributed by atoms with E-state index in [1.807, 2.05) is 30.3 Å². The average molecular weight is 445 g/mol. The molecule has 0 heterocycles. The van der Waals surface area contributed by atoms with Crippen molar-refractivity contribution in [1.29, 1.82) is 0 Å². The predicted molar refractivity (Wildman–Crippen MR) is 132 cm³/mol. The van der Waals surface area contributed by atoms with Gasteiger partial charge in [-0.3, -0.25) is 0 Å². The Bertz CT molecular complexity index is 1110. The van der Waals surface area contributed by atoms with Crippen LogP contribution >= 0.6 is 0 Å². The summed E-state index contributed by atoms with van der Waals surface area (Å²) in [7, 11) is 0. The maximum absolute atomic E-state index is 14.5. The lowest BCUT2D eigenvalue weighted by Crippen LogP contribution is -2.07. The Morgan fingerprint density at radius 3 is 2.12 bits per heavy atom. The largest absolute Gasteiger partial charge is 0.491 e. The predicted octanol–water partition coefficient (Wildman–Crippen LogP) is 8.71. The summed E-state index contributed by atoms with van der Waals surface area (Å²) in [5, 5.41) is 0. The second-order valence-electron chi connectivity index (χ2n) is 8.57. The molecule has 1 aliphatic rings. The maximum atomic E-state index is 14.5. The molecule has 0 amide bonds. The summed E-state index contributed by atoms with van der Waals surface area (Å²) >= 11 is 0. The standard InChI is InChI=1S/C30H30F2O/c1-3-5-6-21-7-9-22(10-8-21)23-11-13-24(14-12-23)25-15-17-26(18-16-25)27-19-20-28(33-4-2)30(32)29(27)31/h3,7,9,11-22H,1,4-6,8,10H2,2H3. The van der Waals surface area contributed by atoms with E-state index in [-0.39, 0.29) is 17.9 Å². The van der Waals surface area contributed by atoms with Crippen molar-refractivity contribution in [3.05, 3.63) is 103 Å². The summed E-state index contributed by atoms with van der Waals surface area (Å²) in [6.07, 6.45) is 11.4. The Morgan fingerprint density at radius 2 is 1.52 bits per heavy atom. The van der Waals surface area contributed by atoms with E-state index in [0.29, 0.717) is 17.4 Å². The summed E-state index contributed by atoms with van der Waals surface area (Å²) in [5.41, 5.74) is 4.34. The number of benzene rings is 3. The first kappa shape index (κ1) is 23.0. The molecule has 0 spiro atoms. The second kappa shape index (κ2) is 10.6. The van der Waals surface area contributed by atoms with Gasteiger partial charge in [0.25, 0.3) is 0 Å². The fourth-order valence-electron chi connectivity index (χ4n) is 4.51. The van der Waals surface area contributed by atoms with Gasteiger partial charge in [-0.25, -0.2) is 4.39 Å². The summed E-state index contributed by atoms with van der Waals surface area (Å²) in [5.74, 6) is -0.747. The van der Waals surface area contributed by atoms with Gasteiger partial charge in [0.1, 0.15) is 0 Å². The molecule has 1 nitrogen and oxygen atoms in total. The molecule has 3 heteroatoms. The van der Waals surface area contributed by atoms with Crippen molar-refractivity contribution in [2.24, 2.45) is 5.92 Å². The Balaban J connectivity index is 1.47. The van der Waals surface area contributed by atoms with Crippen LogP contribution in [0.25, 0.3) is 22.3 Å². The maximum Gasteiger partial charge on any atom is 0.201 e. The van der Waals surface area contributed by atoms with Gasteiger partial charge in [-0.05, 0) is 72.9 Å². The van der Waals surface area contributed by atoms with Crippen molar-refractivity contribution < 1.29 is 13.5 Å². The van der Waals surface area contributed by atoms with Crippen LogP contribution in [0, 0.1) is 17.6 Å². The Hall–Kier alpha value is -3.20. The molecular formula is C30H30F2O. The van der Waals surface area contributed by atoms with Crippen LogP contribution in [0.1, 0.15) is 44.1 Å². The van der Waals surface area contributed by atoms with Crippen LogP contribution < -0.4 is 4.74 Å². The van der Waals surface area contributed by atoms with E-state index in [9.17, 15) is 8.78 Å². The van der Waals surface area contributed by atoms with Gasteiger partial charge in [0.15, 0.2) is 11.6 Å². The number of rotatable bonds is 8. The van der Waals surface area contributed by atoms with E-state index in [1.165, 1.54) is 30.9 Å². The second-order valence-corrected chi connectivity index (χ2v) is 8.57. The van der Waals surface area contributed by atoms with Crippen LogP contribution in [0.4, 0.5) is 8.78 Å². The Kier molecular flexibility index (Phi) is 7.39. The van der Waals surface area contributed by atoms with Crippen molar-refractivity contribution in [2.45, 2.75) is 38.5 Å². The molecule has 0 saturated heterocycles. The van der Waals surface area contributed by atoms with Crippen molar-refractivity contribution in [2.75, 3.05) is 6.61 Å². The fourth-order valence-corrected chi connectivity index (χ4v) is 4.51. The number of hydrogen-bond donors (Lipinski definition) is 0. The van der Waals surface area contributed by atoms with Gasteiger partial charge in [0.05, 0.1) is 6.61 Å². The molecule has 0 aliphatic heterocycles. The molecule has 170 valence electrons. The van der Waals surface area contributed by atoms with Crippen molar-refractivity contribution >= 4 is 0 Å². The zero-order chi connectivity index (χ0) is 23.2. The van der Waals surface area contributed by atoms with Crippen LogP contribution in [0.15, 0.2) is 85.5 Å². The molecule has 2 unspecified atom stereocenters. The van der Waals surface area contributed by atoms with Gasteiger partial charge in [-0.15, -0.1) is 6.58 Å². The van der Waals surface area contributed by atoms with Gasteiger partial charge in [0, 0.05) is 11.5 Å². The third-order valence-corrected chi connectivity index (χ3v) is 6.42. The highest BCUT2D eigenvalue weighted by Crippen LogP contribution is 2.34. The molecule has 0 bridgehead atoms. The quantitative estimate of drug-likeness (QED) is 0.316. The van der Waals surface area contributed by atoms with Gasteiger partial charge < -0.3 is 4.74 Å². The van der Waals surface area contributed by atoms with E-state index >= 15 is 0 Å². The molecule has 4 rings (SSSR count). The summed E-state index contributed by atoms with van der Waals surface area (Å²) in [6, 6.07) is 19.3. The van der Waals surface area contributed by atoms with Crippen LogP contribution in [0.3, 0.4) is 0 Å².